The number of ether oxygens (including phenoxy) is 1. The zero-order chi connectivity index (χ0) is 14.1. The summed E-state index contributed by atoms with van der Waals surface area (Å²) in [6.45, 7) is 3.33. The molecule has 5 nitrogen and oxygen atoms in total. The lowest BCUT2D eigenvalue weighted by atomic mass is 10.0. The van der Waals surface area contributed by atoms with Crippen LogP contribution in [0.2, 0.25) is 0 Å². The van der Waals surface area contributed by atoms with Crippen LogP contribution in [0.4, 0.5) is 5.69 Å². The molecule has 2 heterocycles. The lowest BCUT2D eigenvalue weighted by molar-refractivity contribution is -0.123. The maximum atomic E-state index is 12.2. The van der Waals surface area contributed by atoms with Crippen LogP contribution in [0.15, 0.2) is 18.2 Å². The minimum absolute atomic E-state index is 0.0371. The van der Waals surface area contributed by atoms with Gasteiger partial charge in [0.05, 0.1) is 18.0 Å². The number of nitrogens with zero attached hydrogens (tertiary/aromatic N) is 2. The van der Waals surface area contributed by atoms with Gasteiger partial charge in [0.1, 0.15) is 0 Å². The van der Waals surface area contributed by atoms with Gasteiger partial charge < -0.3 is 10.1 Å². The van der Waals surface area contributed by atoms with E-state index in [4.69, 9.17) is 4.74 Å². The molecule has 1 aliphatic heterocycles. The number of carbonyl (C=O) groups excluding carboxylic acids is 1. The summed E-state index contributed by atoms with van der Waals surface area (Å²) in [5, 5.41) is 8.52. The lowest BCUT2D eigenvalue weighted by Gasteiger charge is -2.21. The van der Waals surface area contributed by atoms with E-state index in [0.717, 1.165) is 41.7 Å². The van der Waals surface area contributed by atoms with E-state index in [9.17, 15) is 4.79 Å². The van der Waals surface area contributed by atoms with Crippen LogP contribution in [0, 0.1) is 12.8 Å². The van der Waals surface area contributed by atoms with Crippen molar-refractivity contribution in [3.63, 3.8) is 0 Å². The monoisotopic (exact) mass is 273 g/mol. The molecule has 0 bridgehead atoms. The Morgan fingerprint density at radius 1 is 1.50 bits per heavy atom. The van der Waals surface area contributed by atoms with Crippen molar-refractivity contribution >= 4 is 22.5 Å². The molecule has 1 saturated heterocycles. The zero-order valence-electron chi connectivity index (χ0n) is 11.8. The van der Waals surface area contributed by atoms with E-state index >= 15 is 0 Å². The molecular weight excluding hydrogens is 254 g/mol. The minimum Gasteiger partial charge on any atom is -0.381 e. The van der Waals surface area contributed by atoms with Crippen LogP contribution in [0.1, 0.15) is 18.5 Å². The van der Waals surface area contributed by atoms with Gasteiger partial charge in [0.2, 0.25) is 5.91 Å². The van der Waals surface area contributed by atoms with Crippen LogP contribution in [0.3, 0.4) is 0 Å². The molecule has 3 rings (SSSR count). The number of anilines is 1. The van der Waals surface area contributed by atoms with Crippen molar-refractivity contribution in [1.29, 1.82) is 0 Å². The molecule has 0 aliphatic carbocycles. The van der Waals surface area contributed by atoms with Crippen molar-refractivity contribution in [2.24, 2.45) is 13.0 Å². The van der Waals surface area contributed by atoms with Crippen LogP contribution in [0.5, 0.6) is 0 Å². The topological polar surface area (TPSA) is 56.1 Å². The van der Waals surface area contributed by atoms with E-state index in [1.54, 1.807) is 0 Å². The van der Waals surface area contributed by atoms with E-state index < -0.39 is 0 Å². The van der Waals surface area contributed by atoms with Gasteiger partial charge in [0, 0.05) is 30.4 Å². The van der Waals surface area contributed by atoms with Crippen molar-refractivity contribution in [1.82, 2.24) is 9.78 Å². The molecule has 0 saturated carbocycles. The highest BCUT2D eigenvalue weighted by Gasteiger charge is 2.21. The molecule has 1 aromatic carbocycles. The van der Waals surface area contributed by atoms with Gasteiger partial charge in [0.25, 0.3) is 0 Å². The number of amides is 1. The summed E-state index contributed by atoms with van der Waals surface area (Å²) in [6.07, 6.45) is 1.85. The van der Waals surface area contributed by atoms with Gasteiger partial charge in [-0.25, -0.2) is 0 Å². The van der Waals surface area contributed by atoms with E-state index in [1.807, 2.05) is 36.9 Å². The smallest absolute Gasteiger partial charge is 0.229 e. The Kier molecular flexibility index (Phi) is 3.44. The molecule has 1 fully saturated rings. The molecule has 106 valence electrons. The average molecular weight is 273 g/mol. The second kappa shape index (κ2) is 5.25. The Morgan fingerprint density at radius 2 is 2.35 bits per heavy atom. The summed E-state index contributed by atoms with van der Waals surface area (Å²) in [7, 11) is 1.92. The third-order valence-electron chi connectivity index (χ3n) is 3.93. The van der Waals surface area contributed by atoms with Gasteiger partial charge >= 0.3 is 0 Å². The number of nitrogens with one attached hydrogen (secondary N) is 1. The number of aromatic nitrogens is 2. The normalized spacial score (nSPS) is 19.2. The first-order chi connectivity index (χ1) is 9.65. The van der Waals surface area contributed by atoms with E-state index in [2.05, 4.69) is 10.4 Å². The van der Waals surface area contributed by atoms with E-state index in [1.165, 1.54) is 0 Å². The number of hydrogen-bond acceptors (Lipinski definition) is 3. The molecule has 0 radical (unpaired) electrons. The molecular formula is C15H19N3O2. The second-order valence-electron chi connectivity index (χ2n) is 5.34. The Labute approximate surface area is 117 Å². The molecule has 1 amide bonds. The average Bonchev–Trinajstić information content (AvgIpc) is 2.74. The molecule has 1 aromatic heterocycles. The molecule has 1 atom stereocenters. The number of aryl methyl sites for hydroxylation is 2. The van der Waals surface area contributed by atoms with E-state index in [-0.39, 0.29) is 11.8 Å². The SMILES string of the molecule is Cc1c2ccc(NC(=O)C3CCCOC3)cc2nn1C. The van der Waals surface area contributed by atoms with Gasteiger partial charge in [0.15, 0.2) is 0 Å². The molecule has 2 aromatic rings. The van der Waals surface area contributed by atoms with Crippen molar-refractivity contribution < 1.29 is 9.53 Å². The Morgan fingerprint density at radius 3 is 3.10 bits per heavy atom. The summed E-state index contributed by atoms with van der Waals surface area (Å²) in [5.74, 6) is 0.00150. The fourth-order valence-corrected chi connectivity index (χ4v) is 2.60. The van der Waals surface area contributed by atoms with Gasteiger partial charge in [-0.15, -0.1) is 0 Å². The van der Waals surface area contributed by atoms with Gasteiger partial charge in [-0.2, -0.15) is 5.10 Å². The lowest BCUT2D eigenvalue weighted by Crippen LogP contribution is -2.30. The van der Waals surface area contributed by atoms with Crippen molar-refractivity contribution in [3.05, 3.63) is 23.9 Å². The Balaban J connectivity index is 1.78. The highest BCUT2D eigenvalue weighted by Crippen LogP contribution is 2.22. The number of carbonyl (C=O) groups is 1. The quantitative estimate of drug-likeness (QED) is 0.913. The molecule has 1 N–H and O–H groups in total. The van der Waals surface area contributed by atoms with E-state index in [0.29, 0.717) is 6.61 Å². The zero-order valence-corrected chi connectivity index (χ0v) is 11.8. The highest BCUT2D eigenvalue weighted by atomic mass is 16.5. The highest BCUT2D eigenvalue weighted by molar-refractivity contribution is 5.95. The summed E-state index contributed by atoms with van der Waals surface area (Å²) in [4.78, 5) is 12.2. The molecule has 20 heavy (non-hydrogen) atoms. The minimum atomic E-state index is -0.0371. The predicted molar refractivity (Wildman–Crippen MR) is 77.6 cm³/mol. The van der Waals surface area contributed by atoms with Crippen LogP contribution in [-0.4, -0.2) is 28.9 Å². The second-order valence-corrected chi connectivity index (χ2v) is 5.34. The summed E-state index contributed by atoms with van der Waals surface area (Å²) < 4.78 is 7.21. The van der Waals surface area contributed by atoms with Crippen LogP contribution >= 0.6 is 0 Å². The van der Waals surface area contributed by atoms with Crippen molar-refractivity contribution in [3.8, 4) is 0 Å². The standard InChI is InChI=1S/C15H19N3O2/c1-10-13-6-5-12(8-14(13)17-18(10)2)16-15(19)11-4-3-7-20-9-11/h5-6,8,11H,3-4,7,9H2,1-2H3,(H,16,19). The molecule has 0 spiro atoms. The first-order valence-electron chi connectivity index (χ1n) is 6.97. The number of fused-ring (bicyclic) bond motifs is 1. The van der Waals surface area contributed by atoms with Crippen molar-refractivity contribution in [2.75, 3.05) is 18.5 Å². The molecule has 1 unspecified atom stereocenters. The summed E-state index contributed by atoms with van der Waals surface area (Å²) >= 11 is 0. The van der Waals surface area contributed by atoms with Crippen molar-refractivity contribution in [2.45, 2.75) is 19.8 Å². The third kappa shape index (κ3) is 2.41. The molecule has 5 heteroatoms. The predicted octanol–water partition coefficient (Wildman–Crippen LogP) is 2.25. The first-order valence-corrected chi connectivity index (χ1v) is 6.97. The largest absolute Gasteiger partial charge is 0.381 e. The number of hydrogen-bond donors (Lipinski definition) is 1. The molecule has 1 aliphatic rings. The summed E-state index contributed by atoms with van der Waals surface area (Å²) in [6, 6.07) is 5.85. The Bertz CT molecular complexity index is 642. The number of rotatable bonds is 2. The van der Waals surface area contributed by atoms with Crippen LogP contribution < -0.4 is 5.32 Å². The maximum absolute atomic E-state index is 12.2. The van der Waals surface area contributed by atoms with Crippen LogP contribution in [-0.2, 0) is 16.6 Å². The van der Waals surface area contributed by atoms with Crippen LogP contribution in [0.25, 0.3) is 10.9 Å². The summed E-state index contributed by atoms with van der Waals surface area (Å²) in [5.41, 5.74) is 2.83. The fourth-order valence-electron chi connectivity index (χ4n) is 2.60. The van der Waals surface area contributed by atoms with Gasteiger partial charge in [-0.05, 0) is 38.0 Å². The van der Waals surface area contributed by atoms with Gasteiger partial charge in [-0.1, -0.05) is 0 Å². The Hall–Kier alpha value is -1.88. The first kappa shape index (κ1) is 13.1. The maximum Gasteiger partial charge on any atom is 0.229 e. The fraction of sp³-hybridized carbons (Fsp3) is 0.467. The third-order valence-corrected chi connectivity index (χ3v) is 3.93. The number of benzene rings is 1. The van der Waals surface area contributed by atoms with Gasteiger partial charge in [-0.3, -0.25) is 9.48 Å².